The summed E-state index contributed by atoms with van der Waals surface area (Å²) in [6.07, 6.45) is 3.03. The van der Waals surface area contributed by atoms with E-state index < -0.39 is 10.0 Å². The number of hydrogen-bond donors (Lipinski definition) is 0. The molecule has 8 heteroatoms. The van der Waals surface area contributed by atoms with Gasteiger partial charge in [-0.25, -0.2) is 18.4 Å². The van der Waals surface area contributed by atoms with E-state index in [4.69, 9.17) is 10.00 Å². The Bertz CT molecular complexity index is 833. The fourth-order valence-electron chi connectivity index (χ4n) is 2.40. The summed E-state index contributed by atoms with van der Waals surface area (Å²) in [7, 11) is -3.53. The van der Waals surface area contributed by atoms with Crippen molar-refractivity contribution in [3.63, 3.8) is 0 Å². The zero-order valence-electron chi connectivity index (χ0n) is 12.2. The van der Waals surface area contributed by atoms with Gasteiger partial charge in [0.2, 0.25) is 15.7 Å². The summed E-state index contributed by atoms with van der Waals surface area (Å²) in [6.45, 7) is 0.586. The average molecular weight is 330 g/mol. The van der Waals surface area contributed by atoms with Gasteiger partial charge in [-0.2, -0.15) is 9.57 Å². The Morgan fingerprint density at radius 1 is 1.22 bits per heavy atom. The van der Waals surface area contributed by atoms with Gasteiger partial charge in [-0.3, -0.25) is 0 Å². The zero-order chi connectivity index (χ0) is 16.3. The van der Waals surface area contributed by atoms with E-state index in [9.17, 15) is 8.42 Å². The molecule has 1 aromatic heterocycles. The van der Waals surface area contributed by atoms with E-state index in [0.29, 0.717) is 13.0 Å². The Labute approximate surface area is 134 Å². The van der Waals surface area contributed by atoms with E-state index in [2.05, 4.69) is 9.97 Å². The third-order valence-electron chi connectivity index (χ3n) is 3.54. The van der Waals surface area contributed by atoms with Crippen LogP contribution in [0.2, 0.25) is 0 Å². The number of ether oxygens (including phenoxy) is 1. The molecular formula is C15H14N4O3S. The van der Waals surface area contributed by atoms with Gasteiger partial charge in [-0.15, -0.1) is 0 Å². The first-order chi connectivity index (χ1) is 11.1. The van der Waals surface area contributed by atoms with E-state index in [1.54, 1.807) is 30.3 Å². The smallest absolute Gasteiger partial charge is 0.251 e. The zero-order valence-corrected chi connectivity index (χ0v) is 13.0. The molecule has 1 fully saturated rings. The molecule has 1 aliphatic rings. The molecule has 1 aromatic carbocycles. The van der Waals surface area contributed by atoms with Crippen molar-refractivity contribution >= 4 is 10.0 Å². The highest BCUT2D eigenvalue weighted by atomic mass is 32.2. The van der Waals surface area contributed by atoms with Crippen LogP contribution in [0.4, 0.5) is 0 Å². The largest absolute Gasteiger partial charge is 0.471 e. The lowest BCUT2D eigenvalue weighted by Gasteiger charge is -2.17. The molecule has 0 unspecified atom stereocenters. The molecule has 2 aromatic rings. The van der Waals surface area contributed by atoms with Crippen LogP contribution in [0.1, 0.15) is 12.1 Å². The minimum atomic E-state index is -3.53. The van der Waals surface area contributed by atoms with Gasteiger partial charge in [-0.1, -0.05) is 18.2 Å². The van der Waals surface area contributed by atoms with Crippen molar-refractivity contribution in [2.45, 2.75) is 17.4 Å². The predicted octanol–water partition coefficient (Wildman–Crippen LogP) is 1.19. The Morgan fingerprint density at radius 2 is 1.96 bits per heavy atom. The lowest BCUT2D eigenvalue weighted by Crippen LogP contribution is -2.31. The van der Waals surface area contributed by atoms with Gasteiger partial charge in [0.05, 0.1) is 11.4 Å². The first-order valence-corrected chi connectivity index (χ1v) is 8.48. The van der Waals surface area contributed by atoms with Gasteiger partial charge in [-0.05, 0) is 18.6 Å². The molecule has 1 saturated heterocycles. The van der Waals surface area contributed by atoms with Crippen molar-refractivity contribution in [3.05, 3.63) is 48.4 Å². The minimum Gasteiger partial charge on any atom is -0.471 e. The van der Waals surface area contributed by atoms with Crippen molar-refractivity contribution < 1.29 is 13.2 Å². The van der Waals surface area contributed by atoms with E-state index >= 15 is 0 Å². The first-order valence-electron chi connectivity index (χ1n) is 7.04. The second kappa shape index (κ2) is 6.32. The number of aromatic nitrogens is 2. The van der Waals surface area contributed by atoms with Gasteiger partial charge < -0.3 is 4.74 Å². The summed E-state index contributed by atoms with van der Waals surface area (Å²) in [4.78, 5) is 8.12. The normalized spacial score (nSPS) is 18.5. The number of hydrogen-bond acceptors (Lipinski definition) is 6. The molecule has 118 valence electrons. The number of nitriles is 1. The van der Waals surface area contributed by atoms with Gasteiger partial charge in [0.1, 0.15) is 12.2 Å². The molecule has 0 aliphatic carbocycles. The van der Waals surface area contributed by atoms with Crippen molar-refractivity contribution in [3.8, 4) is 11.9 Å². The molecule has 0 amide bonds. The lowest BCUT2D eigenvalue weighted by molar-refractivity contribution is 0.205. The van der Waals surface area contributed by atoms with Crippen LogP contribution in [0.3, 0.4) is 0 Å². The second-order valence-corrected chi connectivity index (χ2v) is 6.96. The highest BCUT2D eigenvalue weighted by Crippen LogP contribution is 2.24. The first kappa shape index (κ1) is 15.4. The summed E-state index contributed by atoms with van der Waals surface area (Å²) < 4.78 is 32.1. The summed E-state index contributed by atoms with van der Waals surface area (Å²) in [5.41, 5.74) is 0.0943. The standard InChI is InChI=1S/C15H14N4O3S/c16-10-14-15(18-8-7-17-14)22-12-6-9-19(11-12)23(20,21)13-4-2-1-3-5-13/h1-5,7-8,12H,6,9,11H2/t12-/m0/s1. The summed E-state index contributed by atoms with van der Waals surface area (Å²) in [6, 6.07) is 10.2. The molecule has 0 spiro atoms. The van der Waals surface area contributed by atoms with Crippen LogP contribution in [0, 0.1) is 11.3 Å². The molecule has 1 aliphatic heterocycles. The molecule has 2 heterocycles. The maximum absolute atomic E-state index is 12.5. The van der Waals surface area contributed by atoms with Gasteiger partial charge in [0, 0.05) is 18.9 Å². The van der Waals surface area contributed by atoms with Crippen LogP contribution in [0.5, 0.6) is 5.88 Å². The second-order valence-electron chi connectivity index (χ2n) is 5.03. The van der Waals surface area contributed by atoms with Crippen LogP contribution < -0.4 is 4.74 Å². The van der Waals surface area contributed by atoms with E-state index in [0.717, 1.165) is 0 Å². The number of sulfonamides is 1. The fourth-order valence-corrected chi connectivity index (χ4v) is 3.91. The Hall–Kier alpha value is -2.50. The quantitative estimate of drug-likeness (QED) is 0.835. The molecular weight excluding hydrogens is 316 g/mol. The van der Waals surface area contributed by atoms with E-state index in [1.165, 1.54) is 16.7 Å². The van der Waals surface area contributed by atoms with Crippen LogP contribution >= 0.6 is 0 Å². The molecule has 7 nitrogen and oxygen atoms in total. The number of rotatable bonds is 4. The Balaban J connectivity index is 1.73. The van der Waals surface area contributed by atoms with Crippen LogP contribution in [0.15, 0.2) is 47.6 Å². The van der Waals surface area contributed by atoms with Gasteiger partial charge in [0.15, 0.2) is 0 Å². The van der Waals surface area contributed by atoms with Crippen molar-refractivity contribution in [1.82, 2.24) is 14.3 Å². The van der Waals surface area contributed by atoms with Crippen molar-refractivity contribution in [2.75, 3.05) is 13.1 Å². The molecule has 3 rings (SSSR count). The number of benzene rings is 1. The van der Waals surface area contributed by atoms with Crippen LogP contribution in [-0.2, 0) is 10.0 Å². The molecule has 0 N–H and O–H groups in total. The highest BCUT2D eigenvalue weighted by molar-refractivity contribution is 7.89. The average Bonchev–Trinajstić information content (AvgIpc) is 3.05. The Kier molecular flexibility index (Phi) is 4.23. The van der Waals surface area contributed by atoms with Crippen LogP contribution in [0.25, 0.3) is 0 Å². The van der Waals surface area contributed by atoms with Crippen molar-refractivity contribution in [2.24, 2.45) is 0 Å². The summed E-state index contributed by atoms with van der Waals surface area (Å²) >= 11 is 0. The van der Waals surface area contributed by atoms with E-state index in [1.807, 2.05) is 6.07 Å². The van der Waals surface area contributed by atoms with Crippen molar-refractivity contribution in [1.29, 1.82) is 5.26 Å². The summed E-state index contributed by atoms with van der Waals surface area (Å²) in [5.74, 6) is 0.138. The third-order valence-corrected chi connectivity index (χ3v) is 5.42. The topological polar surface area (TPSA) is 96.2 Å². The molecule has 0 saturated carbocycles. The van der Waals surface area contributed by atoms with Gasteiger partial charge >= 0.3 is 0 Å². The van der Waals surface area contributed by atoms with E-state index in [-0.39, 0.29) is 29.1 Å². The number of nitrogens with zero attached hydrogens (tertiary/aromatic N) is 4. The molecule has 0 radical (unpaired) electrons. The third kappa shape index (κ3) is 3.16. The summed E-state index contributed by atoms with van der Waals surface area (Å²) in [5, 5.41) is 8.98. The molecule has 23 heavy (non-hydrogen) atoms. The maximum atomic E-state index is 12.5. The molecule has 0 bridgehead atoms. The maximum Gasteiger partial charge on any atom is 0.251 e. The fraction of sp³-hybridized carbons (Fsp3) is 0.267. The predicted molar refractivity (Wildman–Crippen MR) is 81.0 cm³/mol. The van der Waals surface area contributed by atoms with Crippen LogP contribution in [-0.4, -0.2) is 41.9 Å². The molecule has 1 atom stereocenters. The SMILES string of the molecule is N#Cc1nccnc1O[C@H]1CCN(S(=O)(=O)c2ccccc2)C1. The Morgan fingerprint density at radius 3 is 2.70 bits per heavy atom. The monoisotopic (exact) mass is 330 g/mol. The lowest BCUT2D eigenvalue weighted by atomic mass is 10.3. The van der Waals surface area contributed by atoms with Gasteiger partial charge in [0.25, 0.3) is 5.88 Å². The highest BCUT2D eigenvalue weighted by Gasteiger charge is 2.34. The minimum absolute atomic E-state index is 0.0943.